The summed E-state index contributed by atoms with van der Waals surface area (Å²) < 4.78 is 9.40. The van der Waals surface area contributed by atoms with Crippen LogP contribution in [0.2, 0.25) is 0 Å². The first-order valence-electron chi connectivity index (χ1n) is 11.5. The van der Waals surface area contributed by atoms with Crippen molar-refractivity contribution < 1.29 is 29.0 Å². The minimum absolute atomic E-state index is 0.00786. The number of ketones is 1. The predicted molar refractivity (Wildman–Crippen MR) is 120 cm³/mol. The second kappa shape index (κ2) is 15.4. The molecule has 1 unspecified atom stereocenters. The quantitative estimate of drug-likeness (QED) is 0.244. The molecule has 0 aromatic heterocycles. The molecule has 0 aliphatic heterocycles. The molecule has 1 saturated carbocycles. The molecule has 0 aromatic carbocycles. The van der Waals surface area contributed by atoms with Crippen molar-refractivity contribution in [1.82, 2.24) is 0 Å². The van der Waals surface area contributed by atoms with Crippen LogP contribution < -0.4 is 0 Å². The topological polar surface area (TPSA) is 114 Å². The standard InChI is InChI=1S/C25H37NO6/c1-4-5-8-11-18(27)14-15-19-20(12-9-6-7-10-13-24(29)31-2)23(28)16-21(19)22(17-26)25(30)32-3/h6,9,14-15,18-22,27H,4-5,7-8,10-13,16H2,1-3H3/b9-6-,15-14+/t18-,19+,20+,21+,22?/m0/s1. The van der Waals surface area contributed by atoms with Gasteiger partial charge >= 0.3 is 11.9 Å². The van der Waals surface area contributed by atoms with Gasteiger partial charge in [0.25, 0.3) is 0 Å². The van der Waals surface area contributed by atoms with E-state index in [1.807, 2.05) is 24.3 Å². The third-order valence-electron chi connectivity index (χ3n) is 6.03. The first kappa shape index (κ1) is 27.6. The number of allylic oxidation sites excluding steroid dienone is 3. The molecular weight excluding hydrogens is 410 g/mol. The molecule has 1 fully saturated rings. The highest BCUT2D eigenvalue weighted by Gasteiger charge is 2.46. The van der Waals surface area contributed by atoms with Gasteiger partial charge in [0.1, 0.15) is 11.7 Å². The number of rotatable bonds is 14. The van der Waals surface area contributed by atoms with Crippen molar-refractivity contribution in [3.05, 3.63) is 24.3 Å². The summed E-state index contributed by atoms with van der Waals surface area (Å²) in [5, 5.41) is 19.8. The summed E-state index contributed by atoms with van der Waals surface area (Å²) in [7, 11) is 2.60. The van der Waals surface area contributed by atoms with Crippen LogP contribution in [-0.4, -0.2) is 43.2 Å². The highest BCUT2D eigenvalue weighted by molar-refractivity contribution is 5.86. The number of carbonyl (C=O) groups is 3. The highest BCUT2D eigenvalue weighted by atomic mass is 16.5. The zero-order valence-corrected chi connectivity index (χ0v) is 19.5. The molecule has 1 N–H and O–H groups in total. The van der Waals surface area contributed by atoms with Crippen LogP contribution in [0.5, 0.6) is 0 Å². The number of esters is 2. The summed E-state index contributed by atoms with van der Waals surface area (Å²) in [6.07, 6.45) is 12.7. The number of methoxy groups -OCH3 is 2. The van der Waals surface area contributed by atoms with Crippen LogP contribution in [0.4, 0.5) is 0 Å². The van der Waals surface area contributed by atoms with Crippen molar-refractivity contribution in [2.45, 2.75) is 70.8 Å². The van der Waals surface area contributed by atoms with Crippen LogP contribution in [-0.2, 0) is 23.9 Å². The Hall–Kier alpha value is -2.46. The van der Waals surface area contributed by atoms with Crippen LogP contribution in [0.25, 0.3) is 0 Å². The number of ether oxygens (including phenoxy) is 2. The van der Waals surface area contributed by atoms with E-state index in [0.717, 1.165) is 19.3 Å². The molecule has 0 aromatic rings. The maximum Gasteiger partial charge on any atom is 0.323 e. The molecule has 0 spiro atoms. The molecule has 0 heterocycles. The molecule has 1 aliphatic carbocycles. The number of nitrogens with zero attached hydrogens (tertiary/aromatic N) is 1. The number of hydrogen-bond donors (Lipinski definition) is 1. The van der Waals surface area contributed by atoms with Gasteiger partial charge < -0.3 is 14.6 Å². The molecule has 1 rings (SSSR count). The van der Waals surface area contributed by atoms with E-state index in [1.54, 1.807) is 6.08 Å². The maximum absolute atomic E-state index is 12.8. The van der Waals surface area contributed by atoms with E-state index in [-0.39, 0.29) is 30.0 Å². The number of carbonyl (C=O) groups excluding carboxylic acids is 3. The van der Waals surface area contributed by atoms with Gasteiger partial charge in [0, 0.05) is 18.8 Å². The predicted octanol–water partition coefficient (Wildman–Crippen LogP) is 3.91. The third kappa shape index (κ3) is 8.96. The smallest absolute Gasteiger partial charge is 0.323 e. The molecular formula is C25H37NO6. The van der Waals surface area contributed by atoms with Crippen LogP contribution in [0.3, 0.4) is 0 Å². The molecule has 0 amide bonds. The molecule has 1 aliphatic rings. The summed E-state index contributed by atoms with van der Waals surface area (Å²) >= 11 is 0. The van der Waals surface area contributed by atoms with Crippen LogP contribution in [0.15, 0.2) is 24.3 Å². The summed E-state index contributed by atoms with van der Waals surface area (Å²) in [5.74, 6) is -3.06. The highest BCUT2D eigenvalue weighted by Crippen LogP contribution is 2.42. The maximum atomic E-state index is 12.8. The van der Waals surface area contributed by atoms with Crippen molar-refractivity contribution in [2.24, 2.45) is 23.7 Å². The Morgan fingerprint density at radius 3 is 2.59 bits per heavy atom. The van der Waals surface area contributed by atoms with E-state index in [2.05, 4.69) is 11.7 Å². The lowest BCUT2D eigenvalue weighted by atomic mass is 9.80. The zero-order valence-electron chi connectivity index (χ0n) is 19.5. The third-order valence-corrected chi connectivity index (χ3v) is 6.03. The van der Waals surface area contributed by atoms with Gasteiger partial charge in [-0.15, -0.1) is 0 Å². The van der Waals surface area contributed by atoms with Gasteiger partial charge in [-0.3, -0.25) is 14.4 Å². The summed E-state index contributed by atoms with van der Waals surface area (Å²) in [6, 6.07) is 2.01. The molecule has 7 nitrogen and oxygen atoms in total. The van der Waals surface area contributed by atoms with Crippen LogP contribution in [0.1, 0.15) is 64.7 Å². The normalized spacial score (nSPS) is 22.7. The lowest BCUT2D eigenvalue weighted by molar-refractivity contribution is -0.145. The molecule has 32 heavy (non-hydrogen) atoms. The molecule has 0 radical (unpaired) electrons. The molecule has 0 bridgehead atoms. The Labute approximate surface area is 191 Å². The average Bonchev–Trinajstić information content (AvgIpc) is 3.09. The van der Waals surface area contributed by atoms with Gasteiger partial charge in [-0.2, -0.15) is 5.26 Å². The first-order valence-corrected chi connectivity index (χ1v) is 11.5. The van der Waals surface area contributed by atoms with Crippen LogP contribution >= 0.6 is 0 Å². The minimum Gasteiger partial charge on any atom is -0.469 e. The SMILES string of the molecule is CCCCC[C@H](O)/C=C/[C@@H]1[C@@H](C/C=C\CCCC(=O)OC)C(=O)C[C@H]1C(C#N)C(=O)OC. The monoisotopic (exact) mass is 447 g/mol. The molecule has 178 valence electrons. The molecule has 7 heteroatoms. The first-order chi connectivity index (χ1) is 15.4. The summed E-state index contributed by atoms with van der Waals surface area (Å²) in [6.45, 7) is 2.10. The summed E-state index contributed by atoms with van der Waals surface area (Å²) in [4.78, 5) is 36.1. The van der Waals surface area contributed by atoms with E-state index in [9.17, 15) is 24.8 Å². The van der Waals surface area contributed by atoms with Crippen molar-refractivity contribution in [3.8, 4) is 6.07 Å². The fourth-order valence-corrected chi connectivity index (χ4v) is 4.17. The lowest BCUT2D eigenvalue weighted by Gasteiger charge is -2.23. The second-order valence-electron chi connectivity index (χ2n) is 8.27. The lowest BCUT2D eigenvalue weighted by Crippen LogP contribution is -2.27. The fraction of sp³-hybridized carbons (Fsp3) is 0.680. The van der Waals surface area contributed by atoms with E-state index in [0.29, 0.717) is 32.1 Å². The Kier molecular flexibility index (Phi) is 13.2. The second-order valence-corrected chi connectivity index (χ2v) is 8.27. The summed E-state index contributed by atoms with van der Waals surface area (Å²) in [5.41, 5.74) is 0. The van der Waals surface area contributed by atoms with E-state index < -0.39 is 23.9 Å². The number of unbranched alkanes of at least 4 members (excludes halogenated alkanes) is 3. The van der Waals surface area contributed by atoms with E-state index >= 15 is 0 Å². The van der Waals surface area contributed by atoms with E-state index in [4.69, 9.17) is 4.74 Å². The Balaban J connectivity index is 2.89. The Morgan fingerprint density at radius 1 is 1.22 bits per heavy atom. The largest absolute Gasteiger partial charge is 0.469 e. The van der Waals surface area contributed by atoms with Crippen molar-refractivity contribution in [3.63, 3.8) is 0 Å². The number of aliphatic hydroxyl groups excluding tert-OH is 1. The number of Topliss-reactive ketones (excluding diaryl/α,β-unsaturated/α-hetero) is 1. The molecule has 5 atom stereocenters. The van der Waals surface area contributed by atoms with Gasteiger partial charge in [0.15, 0.2) is 0 Å². The van der Waals surface area contributed by atoms with Gasteiger partial charge in [-0.25, -0.2) is 0 Å². The van der Waals surface area contributed by atoms with Crippen LogP contribution in [0, 0.1) is 35.0 Å². The van der Waals surface area contributed by atoms with Gasteiger partial charge in [-0.05, 0) is 37.5 Å². The number of hydrogen-bond acceptors (Lipinski definition) is 7. The molecule has 0 saturated heterocycles. The van der Waals surface area contributed by atoms with Gasteiger partial charge in [0.2, 0.25) is 0 Å². The fourth-order valence-electron chi connectivity index (χ4n) is 4.17. The van der Waals surface area contributed by atoms with Gasteiger partial charge in [-0.1, -0.05) is 50.5 Å². The zero-order chi connectivity index (χ0) is 23.9. The minimum atomic E-state index is -1.02. The number of nitriles is 1. The number of aliphatic hydroxyl groups is 1. The van der Waals surface area contributed by atoms with Crippen molar-refractivity contribution in [1.29, 1.82) is 5.26 Å². The van der Waals surface area contributed by atoms with E-state index in [1.165, 1.54) is 14.2 Å². The Morgan fingerprint density at radius 2 is 1.97 bits per heavy atom. The average molecular weight is 448 g/mol. The Bertz CT molecular complexity index is 708. The van der Waals surface area contributed by atoms with Gasteiger partial charge in [0.05, 0.1) is 26.4 Å². The van der Waals surface area contributed by atoms with Crippen molar-refractivity contribution >= 4 is 17.7 Å². The van der Waals surface area contributed by atoms with Crippen molar-refractivity contribution in [2.75, 3.05) is 14.2 Å².